The minimum absolute atomic E-state index is 0.0467. The Labute approximate surface area is 150 Å². The van der Waals surface area contributed by atoms with Crippen LogP contribution in [-0.4, -0.2) is 44.4 Å². The fourth-order valence-corrected chi connectivity index (χ4v) is 3.16. The van der Waals surface area contributed by atoms with Crippen LogP contribution in [0.2, 0.25) is 0 Å². The van der Waals surface area contributed by atoms with Gasteiger partial charge in [-0.1, -0.05) is 36.8 Å². The van der Waals surface area contributed by atoms with Crippen molar-refractivity contribution in [2.24, 2.45) is 0 Å². The monoisotopic (exact) mass is 341 g/mol. The van der Waals surface area contributed by atoms with E-state index in [9.17, 15) is 0 Å². The Balaban J connectivity index is 1.66. The molecule has 25 heavy (non-hydrogen) atoms. The molecule has 0 radical (unpaired) electrons. The summed E-state index contributed by atoms with van der Waals surface area (Å²) in [6, 6.07) is 17.7. The molecule has 1 aliphatic rings. The summed E-state index contributed by atoms with van der Waals surface area (Å²) in [6.45, 7) is 3.65. The van der Waals surface area contributed by atoms with Gasteiger partial charge in [-0.15, -0.1) is 0 Å². The first-order valence-corrected chi connectivity index (χ1v) is 9.05. The summed E-state index contributed by atoms with van der Waals surface area (Å²) in [7, 11) is 1.67. The third-order valence-corrected chi connectivity index (χ3v) is 4.45. The van der Waals surface area contributed by atoms with Gasteiger partial charge >= 0.3 is 0 Å². The van der Waals surface area contributed by atoms with Gasteiger partial charge in [0, 0.05) is 6.54 Å². The van der Waals surface area contributed by atoms with E-state index in [1.54, 1.807) is 7.11 Å². The predicted molar refractivity (Wildman–Crippen MR) is 99.6 cm³/mol. The second kappa shape index (κ2) is 9.33. The molecule has 2 aromatic rings. The summed E-state index contributed by atoms with van der Waals surface area (Å²) in [5.41, 5.74) is 0. The lowest BCUT2D eigenvalue weighted by Crippen LogP contribution is -2.41. The zero-order valence-electron chi connectivity index (χ0n) is 14.9. The van der Waals surface area contributed by atoms with Crippen molar-refractivity contribution in [2.45, 2.75) is 25.4 Å². The smallest absolute Gasteiger partial charge is 0.161 e. The van der Waals surface area contributed by atoms with Crippen LogP contribution in [0.5, 0.6) is 17.2 Å². The molecule has 4 nitrogen and oxygen atoms in total. The van der Waals surface area contributed by atoms with Crippen LogP contribution < -0.4 is 14.2 Å². The third-order valence-electron chi connectivity index (χ3n) is 4.45. The Kier molecular flexibility index (Phi) is 6.57. The number of hydrogen-bond donors (Lipinski definition) is 0. The maximum absolute atomic E-state index is 6.27. The highest BCUT2D eigenvalue weighted by atomic mass is 16.5. The number of ether oxygens (including phenoxy) is 3. The van der Waals surface area contributed by atoms with Crippen molar-refractivity contribution >= 4 is 0 Å². The zero-order chi connectivity index (χ0) is 17.3. The number of hydrogen-bond acceptors (Lipinski definition) is 4. The second-order valence-electron chi connectivity index (χ2n) is 6.38. The summed E-state index contributed by atoms with van der Waals surface area (Å²) >= 11 is 0. The van der Waals surface area contributed by atoms with Gasteiger partial charge in [0.15, 0.2) is 11.5 Å². The van der Waals surface area contributed by atoms with Gasteiger partial charge in [-0.25, -0.2) is 0 Å². The summed E-state index contributed by atoms with van der Waals surface area (Å²) in [6.07, 6.45) is 3.81. The van der Waals surface area contributed by atoms with Gasteiger partial charge in [0.05, 0.1) is 7.11 Å². The van der Waals surface area contributed by atoms with Crippen LogP contribution >= 0.6 is 0 Å². The predicted octanol–water partition coefficient (Wildman–Crippen LogP) is 4.01. The van der Waals surface area contributed by atoms with Crippen molar-refractivity contribution in [2.75, 3.05) is 33.4 Å². The highest BCUT2D eigenvalue weighted by Crippen LogP contribution is 2.27. The Morgan fingerprint density at radius 1 is 0.880 bits per heavy atom. The number of benzene rings is 2. The highest BCUT2D eigenvalue weighted by molar-refractivity contribution is 5.39. The lowest BCUT2D eigenvalue weighted by Gasteiger charge is -2.30. The lowest BCUT2D eigenvalue weighted by atomic mass is 10.1. The Morgan fingerprint density at radius 3 is 2.28 bits per heavy atom. The molecular formula is C21H27NO3. The summed E-state index contributed by atoms with van der Waals surface area (Å²) in [5.74, 6) is 2.39. The molecule has 0 aliphatic carbocycles. The molecule has 1 aliphatic heterocycles. The topological polar surface area (TPSA) is 30.9 Å². The highest BCUT2D eigenvalue weighted by Gasteiger charge is 2.20. The number of piperidine rings is 1. The van der Waals surface area contributed by atoms with Crippen LogP contribution in [0, 0.1) is 0 Å². The molecule has 0 spiro atoms. The number of rotatable bonds is 8. The summed E-state index contributed by atoms with van der Waals surface area (Å²) in [4.78, 5) is 2.47. The molecule has 0 bridgehead atoms. The van der Waals surface area contributed by atoms with E-state index in [0.29, 0.717) is 6.61 Å². The van der Waals surface area contributed by atoms with Crippen LogP contribution in [-0.2, 0) is 0 Å². The van der Waals surface area contributed by atoms with E-state index in [1.165, 1.54) is 19.3 Å². The lowest BCUT2D eigenvalue weighted by molar-refractivity contribution is 0.0765. The van der Waals surface area contributed by atoms with Crippen LogP contribution in [0.25, 0.3) is 0 Å². The van der Waals surface area contributed by atoms with Crippen LogP contribution in [0.1, 0.15) is 19.3 Å². The van der Waals surface area contributed by atoms with E-state index in [2.05, 4.69) is 4.90 Å². The molecule has 1 atom stereocenters. The van der Waals surface area contributed by atoms with Gasteiger partial charge < -0.3 is 14.2 Å². The van der Waals surface area contributed by atoms with Gasteiger partial charge in [-0.05, 0) is 50.2 Å². The zero-order valence-corrected chi connectivity index (χ0v) is 14.9. The van der Waals surface area contributed by atoms with Gasteiger partial charge in [0.1, 0.15) is 18.5 Å². The molecule has 0 N–H and O–H groups in total. The van der Waals surface area contributed by atoms with Crippen molar-refractivity contribution in [3.63, 3.8) is 0 Å². The molecule has 2 aromatic carbocycles. The van der Waals surface area contributed by atoms with Crippen LogP contribution in [0.15, 0.2) is 54.6 Å². The molecule has 1 fully saturated rings. The van der Waals surface area contributed by atoms with Crippen LogP contribution in [0.3, 0.4) is 0 Å². The van der Waals surface area contributed by atoms with Crippen molar-refractivity contribution < 1.29 is 14.2 Å². The number of para-hydroxylation sites is 3. The molecule has 134 valence electrons. The van der Waals surface area contributed by atoms with Crippen molar-refractivity contribution in [3.05, 3.63) is 54.6 Å². The molecule has 0 aromatic heterocycles. The second-order valence-corrected chi connectivity index (χ2v) is 6.38. The molecule has 1 unspecified atom stereocenters. The quantitative estimate of drug-likeness (QED) is 0.726. The average molecular weight is 341 g/mol. The van der Waals surface area contributed by atoms with E-state index in [0.717, 1.165) is 36.9 Å². The Morgan fingerprint density at radius 2 is 1.56 bits per heavy atom. The minimum Gasteiger partial charge on any atom is -0.493 e. The first-order valence-electron chi connectivity index (χ1n) is 9.05. The van der Waals surface area contributed by atoms with Crippen molar-refractivity contribution in [1.29, 1.82) is 0 Å². The van der Waals surface area contributed by atoms with Gasteiger partial charge in [-0.3, -0.25) is 4.90 Å². The van der Waals surface area contributed by atoms with E-state index in [4.69, 9.17) is 14.2 Å². The molecule has 0 amide bonds. The van der Waals surface area contributed by atoms with Crippen molar-refractivity contribution in [1.82, 2.24) is 4.90 Å². The van der Waals surface area contributed by atoms with Gasteiger partial charge in [0.2, 0.25) is 0 Å². The first kappa shape index (κ1) is 17.6. The molecule has 1 heterocycles. The van der Waals surface area contributed by atoms with E-state index >= 15 is 0 Å². The Hall–Kier alpha value is -2.20. The number of methoxy groups -OCH3 is 1. The molecular weight excluding hydrogens is 314 g/mol. The maximum Gasteiger partial charge on any atom is 0.161 e. The third kappa shape index (κ3) is 5.40. The van der Waals surface area contributed by atoms with Crippen molar-refractivity contribution in [3.8, 4) is 17.2 Å². The normalized spacial score (nSPS) is 16.2. The van der Waals surface area contributed by atoms with Gasteiger partial charge in [-0.2, -0.15) is 0 Å². The fraction of sp³-hybridized carbons (Fsp3) is 0.429. The first-order chi connectivity index (χ1) is 12.3. The minimum atomic E-state index is -0.0467. The standard InChI is InChI=1S/C21H27NO3/c1-23-20-12-6-7-13-21(20)25-19(16-22-14-8-3-9-15-22)17-24-18-10-4-2-5-11-18/h2,4-7,10-13,19H,3,8-9,14-17H2,1H3. The molecule has 0 saturated carbocycles. The van der Waals surface area contributed by atoms with E-state index < -0.39 is 0 Å². The molecule has 1 saturated heterocycles. The van der Waals surface area contributed by atoms with E-state index in [-0.39, 0.29) is 6.10 Å². The largest absolute Gasteiger partial charge is 0.493 e. The summed E-state index contributed by atoms with van der Waals surface area (Å²) < 4.78 is 17.7. The maximum atomic E-state index is 6.27. The SMILES string of the molecule is COc1ccccc1OC(COc1ccccc1)CN1CCCCC1. The average Bonchev–Trinajstić information content (AvgIpc) is 2.68. The number of likely N-dealkylation sites (tertiary alicyclic amines) is 1. The van der Waals surface area contributed by atoms with Gasteiger partial charge in [0.25, 0.3) is 0 Å². The van der Waals surface area contributed by atoms with Crippen LogP contribution in [0.4, 0.5) is 0 Å². The Bertz CT molecular complexity index is 626. The fourth-order valence-electron chi connectivity index (χ4n) is 3.16. The molecule has 4 heteroatoms. The number of nitrogens with zero attached hydrogens (tertiary/aromatic N) is 1. The summed E-state index contributed by atoms with van der Waals surface area (Å²) in [5, 5.41) is 0. The van der Waals surface area contributed by atoms with E-state index in [1.807, 2.05) is 54.6 Å². The molecule has 3 rings (SSSR count).